The van der Waals surface area contributed by atoms with E-state index in [0.717, 1.165) is 25.9 Å². The molecular weight excluding hydrogens is 233 g/mol. The maximum absolute atomic E-state index is 13.7. The van der Waals surface area contributed by atoms with E-state index in [1.807, 2.05) is 0 Å². The summed E-state index contributed by atoms with van der Waals surface area (Å²) < 4.78 is 18.6. The largest absolute Gasteiger partial charge is 0.497 e. The number of benzene rings is 1. The molecule has 1 atom stereocenters. The first-order chi connectivity index (χ1) is 8.70. The highest BCUT2D eigenvalue weighted by Crippen LogP contribution is 2.20. The minimum absolute atomic E-state index is 0.123. The molecule has 3 nitrogen and oxygen atoms in total. The van der Waals surface area contributed by atoms with Crippen LogP contribution in [-0.2, 0) is 0 Å². The normalized spacial score (nSPS) is 18.9. The molecule has 1 unspecified atom stereocenters. The van der Waals surface area contributed by atoms with Gasteiger partial charge < -0.3 is 10.1 Å². The van der Waals surface area contributed by atoms with Crippen molar-refractivity contribution in [1.82, 2.24) is 5.32 Å². The summed E-state index contributed by atoms with van der Waals surface area (Å²) in [5.74, 6) is 0.366. The smallest absolute Gasteiger partial charge is 0.165 e. The first-order valence-electron chi connectivity index (χ1n) is 6.28. The summed E-state index contributed by atoms with van der Waals surface area (Å²) >= 11 is 0. The molecule has 0 radical (unpaired) electrons. The van der Waals surface area contributed by atoms with Gasteiger partial charge in [0.15, 0.2) is 5.78 Å². The molecule has 0 aromatic heterocycles. The number of halogens is 1. The minimum atomic E-state index is -0.496. The minimum Gasteiger partial charge on any atom is -0.497 e. The average molecular weight is 251 g/mol. The van der Waals surface area contributed by atoms with E-state index in [9.17, 15) is 9.18 Å². The molecule has 4 heteroatoms. The number of carbonyl (C=O) groups excluding carboxylic acids is 1. The number of rotatable bonds is 5. The fourth-order valence-corrected chi connectivity index (χ4v) is 2.28. The molecule has 1 N–H and O–H groups in total. The molecule has 1 saturated heterocycles. The SMILES string of the molecule is COc1ccc(C(=O)CCC2CCNC2)c(F)c1. The molecule has 1 aromatic carbocycles. The number of ketones is 1. The van der Waals surface area contributed by atoms with E-state index in [1.165, 1.54) is 19.2 Å². The fourth-order valence-electron chi connectivity index (χ4n) is 2.28. The zero-order valence-electron chi connectivity index (χ0n) is 10.5. The lowest BCUT2D eigenvalue weighted by molar-refractivity contribution is 0.0970. The van der Waals surface area contributed by atoms with Crippen LogP contribution in [0.5, 0.6) is 5.75 Å². The van der Waals surface area contributed by atoms with Crippen molar-refractivity contribution in [3.8, 4) is 5.75 Å². The van der Waals surface area contributed by atoms with Crippen LogP contribution in [0, 0.1) is 11.7 Å². The van der Waals surface area contributed by atoms with Crippen LogP contribution < -0.4 is 10.1 Å². The van der Waals surface area contributed by atoms with Gasteiger partial charge in [-0.05, 0) is 44.0 Å². The van der Waals surface area contributed by atoms with E-state index in [4.69, 9.17) is 4.74 Å². The van der Waals surface area contributed by atoms with Crippen LogP contribution in [0.2, 0.25) is 0 Å². The van der Waals surface area contributed by atoms with Gasteiger partial charge in [0.25, 0.3) is 0 Å². The third-order valence-corrected chi connectivity index (χ3v) is 3.42. The highest BCUT2D eigenvalue weighted by molar-refractivity contribution is 5.96. The summed E-state index contributed by atoms with van der Waals surface area (Å²) in [6, 6.07) is 4.38. The van der Waals surface area contributed by atoms with Crippen molar-refractivity contribution in [1.29, 1.82) is 0 Å². The van der Waals surface area contributed by atoms with E-state index in [2.05, 4.69) is 5.32 Å². The third-order valence-electron chi connectivity index (χ3n) is 3.42. The van der Waals surface area contributed by atoms with Crippen LogP contribution >= 0.6 is 0 Å². The van der Waals surface area contributed by atoms with Gasteiger partial charge in [0, 0.05) is 12.5 Å². The molecule has 2 rings (SSSR count). The molecule has 0 saturated carbocycles. The molecular formula is C14H18FNO2. The molecule has 18 heavy (non-hydrogen) atoms. The van der Waals surface area contributed by atoms with E-state index in [-0.39, 0.29) is 11.3 Å². The first kappa shape index (κ1) is 13.0. The topological polar surface area (TPSA) is 38.3 Å². The molecule has 1 aliphatic rings. The standard InChI is InChI=1S/C14H18FNO2/c1-18-11-3-4-12(13(15)8-11)14(17)5-2-10-6-7-16-9-10/h3-4,8,10,16H,2,5-7,9H2,1H3. The zero-order valence-corrected chi connectivity index (χ0v) is 10.5. The van der Waals surface area contributed by atoms with E-state index in [0.29, 0.717) is 18.1 Å². The summed E-state index contributed by atoms with van der Waals surface area (Å²) in [5.41, 5.74) is 0.168. The molecule has 0 spiro atoms. The van der Waals surface area contributed by atoms with Crippen molar-refractivity contribution < 1.29 is 13.9 Å². The molecule has 98 valence electrons. The highest BCUT2D eigenvalue weighted by Gasteiger charge is 2.18. The molecule has 1 aromatic rings. The van der Waals surface area contributed by atoms with E-state index in [1.54, 1.807) is 6.07 Å². The fraction of sp³-hybridized carbons (Fsp3) is 0.500. The lowest BCUT2D eigenvalue weighted by Gasteiger charge is -2.08. The van der Waals surface area contributed by atoms with Gasteiger partial charge in [-0.25, -0.2) is 4.39 Å². The Hall–Kier alpha value is -1.42. The highest BCUT2D eigenvalue weighted by atomic mass is 19.1. The molecule has 1 heterocycles. The van der Waals surface area contributed by atoms with Crippen molar-refractivity contribution >= 4 is 5.78 Å². The monoisotopic (exact) mass is 251 g/mol. The van der Waals surface area contributed by atoms with Gasteiger partial charge in [-0.1, -0.05) is 0 Å². The molecule has 0 bridgehead atoms. The Morgan fingerprint density at radius 1 is 1.56 bits per heavy atom. The molecule has 0 aliphatic carbocycles. The maximum atomic E-state index is 13.7. The second-order valence-corrected chi connectivity index (χ2v) is 4.67. The average Bonchev–Trinajstić information content (AvgIpc) is 2.88. The number of hydrogen-bond acceptors (Lipinski definition) is 3. The van der Waals surface area contributed by atoms with Gasteiger partial charge in [-0.15, -0.1) is 0 Å². The predicted molar refractivity (Wildman–Crippen MR) is 67.5 cm³/mol. The Bertz CT molecular complexity index is 428. The van der Waals surface area contributed by atoms with Crippen LogP contribution in [0.15, 0.2) is 18.2 Å². The van der Waals surface area contributed by atoms with Gasteiger partial charge in [-0.2, -0.15) is 0 Å². The zero-order chi connectivity index (χ0) is 13.0. The number of ether oxygens (including phenoxy) is 1. The Morgan fingerprint density at radius 2 is 2.39 bits per heavy atom. The molecule has 1 fully saturated rings. The van der Waals surface area contributed by atoms with Crippen LogP contribution in [0.4, 0.5) is 4.39 Å². The molecule has 1 aliphatic heterocycles. The quantitative estimate of drug-likeness (QED) is 0.817. The Balaban J connectivity index is 1.95. The number of hydrogen-bond donors (Lipinski definition) is 1. The summed E-state index contributed by atoms with van der Waals surface area (Å²) in [4.78, 5) is 11.9. The van der Waals surface area contributed by atoms with E-state index < -0.39 is 5.82 Å². The molecule has 0 amide bonds. The van der Waals surface area contributed by atoms with Gasteiger partial charge in [0.05, 0.1) is 12.7 Å². The van der Waals surface area contributed by atoms with Crippen LogP contribution in [-0.4, -0.2) is 26.0 Å². The van der Waals surface area contributed by atoms with Crippen molar-refractivity contribution in [3.63, 3.8) is 0 Å². The van der Waals surface area contributed by atoms with Crippen LogP contribution in [0.25, 0.3) is 0 Å². The second kappa shape index (κ2) is 5.96. The van der Waals surface area contributed by atoms with Gasteiger partial charge in [0.2, 0.25) is 0 Å². The van der Waals surface area contributed by atoms with Crippen LogP contribution in [0.3, 0.4) is 0 Å². The Morgan fingerprint density at radius 3 is 3.00 bits per heavy atom. The number of carbonyl (C=O) groups is 1. The third kappa shape index (κ3) is 3.07. The maximum Gasteiger partial charge on any atom is 0.165 e. The van der Waals surface area contributed by atoms with Gasteiger partial charge in [-0.3, -0.25) is 4.79 Å². The lowest BCUT2D eigenvalue weighted by Crippen LogP contribution is -2.11. The van der Waals surface area contributed by atoms with Crippen molar-refractivity contribution in [2.75, 3.05) is 20.2 Å². The Kier molecular flexibility index (Phi) is 4.31. The van der Waals surface area contributed by atoms with Gasteiger partial charge in [0.1, 0.15) is 11.6 Å². The van der Waals surface area contributed by atoms with Crippen molar-refractivity contribution in [3.05, 3.63) is 29.6 Å². The van der Waals surface area contributed by atoms with E-state index >= 15 is 0 Å². The van der Waals surface area contributed by atoms with Crippen LogP contribution in [0.1, 0.15) is 29.6 Å². The van der Waals surface area contributed by atoms with Gasteiger partial charge >= 0.3 is 0 Å². The summed E-state index contributed by atoms with van der Waals surface area (Å²) in [7, 11) is 1.48. The van der Waals surface area contributed by atoms with Crippen molar-refractivity contribution in [2.24, 2.45) is 5.92 Å². The number of methoxy groups -OCH3 is 1. The first-order valence-corrected chi connectivity index (χ1v) is 6.28. The summed E-state index contributed by atoms with van der Waals surface area (Å²) in [6.45, 7) is 1.99. The number of Topliss-reactive ketones (excluding diaryl/α,β-unsaturated/α-hetero) is 1. The Labute approximate surface area is 106 Å². The van der Waals surface area contributed by atoms with Crippen molar-refractivity contribution in [2.45, 2.75) is 19.3 Å². The second-order valence-electron chi connectivity index (χ2n) is 4.67. The predicted octanol–water partition coefficient (Wildman–Crippen LogP) is 2.41. The summed E-state index contributed by atoms with van der Waals surface area (Å²) in [5, 5.41) is 3.26. The lowest BCUT2D eigenvalue weighted by atomic mass is 9.98. The summed E-state index contributed by atoms with van der Waals surface area (Å²) in [6.07, 6.45) is 2.35. The number of nitrogens with one attached hydrogen (secondary N) is 1.